The first-order chi connectivity index (χ1) is 13.9. The van der Waals surface area contributed by atoms with Gasteiger partial charge in [-0.2, -0.15) is 0 Å². The van der Waals surface area contributed by atoms with Gasteiger partial charge in [-0.25, -0.2) is 8.42 Å². The monoisotopic (exact) mass is 472 g/mol. The van der Waals surface area contributed by atoms with E-state index in [1.165, 1.54) is 77.6 Å². The molecule has 0 aliphatic rings. The smallest absolute Gasteiger partial charge is 0.748 e. The zero-order valence-electron chi connectivity index (χ0n) is 20.4. The molecule has 0 aliphatic heterocycles. The van der Waals surface area contributed by atoms with Crippen LogP contribution in [-0.4, -0.2) is 29.4 Å². The van der Waals surface area contributed by atoms with Crippen molar-refractivity contribution in [3.05, 3.63) is 0 Å². The molecular weight excluding hydrogens is 423 g/mol. The zero-order chi connectivity index (χ0) is 21.8. The fourth-order valence-corrected chi connectivity index (χ4v) is 4.31. The number of aliphatic hydroxyl groups excluding tert-OH is 1. The molecule has 0 bridgehead atoms. The van der Waals surface area contributed by atoms with Crippen molar-refractivity contribution >= 4 is 10.1 Å². The molecule has 176 valence electrons. The van der Waals surface area contributed by atoms with Gasteiger partial charge in [0.25, 0.3) is 0 Å². The molecular formula is C24H49KO4S. The summed E-state index contributed by atoms with van der Waals surface area (Å²) < 4.78 is 32.4. The van der Waals surface area contributed by atoms with Gasteiger partial charge in [-0.3, -0.25) is 0 Å². The Bertz CT molecular complexity index is 442. The summed E-state index contributed by atoms with van der Waals surface area (Å²) >= 11 is 0. The zero-order valence-corrected chi connectivity index (χ0v) is 24.3. The topological polar surface area (TPSA) is 77.4 Å². The first kappa shape index (κ1) is 33.7. The SMILES string of the molecule is CCCCCCCCCCCCC(O)CCCCCCCCCC(C)S(=O)(=O)[O-].[K+]. The van der Waals surface area contributed by atoms with Gasteiger partial charge in [-0.1, -0.05) is 116 Å². The van der Waals surface area contributed by atoms with Gasteiger partial charge in [0.2, 0.25) is 0 Å². The van der Waals surface area contributed by atoms with Crippen LogP contribution in [0.5, 0.6) is 0 Å². The van der Waals surface area contributed by atoms with Crippen molar-refractivity contribution in [2.75, 3.05) is 0 Å². The number of hydrogen-bond acceptors (Lipinski definition) is 4. The number of rotatable bonds is 22. The standard InChI is InChI=1S/C24H50O4S.K/c1-3-4-5-6-7-8-9-12-15-18-21-24(25)22-19-16-13-10-11-14-17-20-23(2)29(26,27)28;/h23-25H,3-22H2,1-2H3,(H,26,27,28);/q;+1/p-1. The quantitative estimate of drug-likeness (QED) is 0.146. The van der Waals surface area contributed by atoms with E-state index < -0.39 is 15.4 Å². The summed E-state index contributed by atoms with van der Waals surface area (Å²) in [6.07, 6.45) is 23.1. The van der Waals surface area contributed by atoms with Gasteiger partial charge in [0, 0.05) is 5.25 Å². The summed E-state index contributed by atoms with van der Waals surface area (Å²) in [7, 11) is -4.11. The molecule has 0 fully saturated rings. The van der Waals surface area contributed by atoms with Crippen LogP contribution in [-0.2, 0) is 10.1 Å². The molecule has 0 heterocycles. The van der Waals surface area contributed by atoms with Crippen molar-refractivity contribution in [3.63, 3.8) is 0 Å². The van der Waals surface area contributed by atoms with Gasteiger partial charge in [-0.15, -0.1) is 0 Å². The predicted octanol–water partition coefficient (Wildman–Crippen LogP) is 4.11. The first-order valence-corrected chi connectivity index (χ1v) is 14.0. The molecule has 0 radical (unpaired) electrons. The Labute approximate surface area is 230 Å². The number of hydrogen-bond donors (Lipinski definition) is 1. The summed E-state index contributed by atoms with van der Waals surface area (Å²) in [4.78, 5) is 0. The van der Waals surface area contributed by atoms with E-state index in [1.807, 2.05) is 0 Å². The van der Waals surface area contributed by atoms with Crippen LogP contribution in [0.3, 0.4) is 0 Å². The maximum Gasteiger partial charge on any atom is 1.00 e. The third-order valence-corrected chi connectivity index (χ3v) is 7.25. The Hall–Kier alpha value is 1.51. The van der Waals surface area contributed by atoms with Gasteiger partial charge >= 0.3 is 51.4 Å². The first-order valence-electron chi connectivity index (χ1n) is 12.5. The normalized spacial score (nSPS) is 13.7. The number of unbranched alkanes of at least 4 members (excludes halogenated alkanes) is 15. The van der Waals surface area contributed by atoms with Crippen molar-refractivity contribution in [3.8, 4) is 0 Å². The van der Waals surface area contributed by atoms with E-state index >= 15 is 0 Å². The molecule has 0 aliphatic carbocycles. The minimum atomic E-state index is -4.11. The van der Waals surface area contributed by atoms with E-state index in [0.717, 1.165) is 51.4 Å². The summed E-state index contributed by atoms with van der Waals surface area (Å²) in [6.45, 7) is 3.76. The molecule has 4 nitrogen and oxygen atoms in total. The van der Waals surface area contributed by atoms with Crippen molar-refractivity contribution in [2.24, 2.45) is 0 Å². The van der Waals surface area contributed by atoms with E-state index in [4.69, 9.17) is 0 Å². The van der Waals surface area contributed by atoms with E-state index in [0.29, 0.717) is 6.42 Å². The maximum atomic E-state index is 10.8. The molecule has 30 heavy (non-hydrogen) atoms. The van der Waals surface area contributed by atoms with Crippen molar-refractivity contribution in [1.82, 2.24) is 0 Å². The van der Waals surface area contributed by atoms with E-state index in [2.05, 4.69) is 6.92 Å². The largest absolute Gasteiger partial charge is 1.00 e. The Morgan fingerprint density at radius 3 is 1.27 bits per heavy atom. The number of aliphatic hydroxyl groups is 1. The van der Waals surface area contributed by atoms with Crippen LogP contribution in [0.4, 0.5) is 0 Å². The van der Waals surface area contributed by atoms with Gasteiger partial charge in [0.15, 0.2) is 0 Å². The second-order valence-electron chi connectivity index (χ2n) is 8.98. The summed E-state index contributed by atoms with van der Waals surface area (Å²) in [6, 6.07) is 0. The average molecular weight is 473 g/mol. The van der Waals surface area contributed by atoms with Gasteiger partial charge in [0.1, 0.15) is 0 Å². The summed E-state index contributed by atoms with van der Waals surface area (Å²) in [5.74, 6) is 0. The van der Waals surface area contributed by atoms with Crippen LogP contribution in [0.15, 0.2) is 0 Å². The Balaban J connectivity index is 0. The minimum Gasteiger partial charge on any atom is -0.748 e. The van der Waals surface area contributed by atoms with E-state index in [1.54, 1.807) is 0 Å². The summed E-state index contributed by atoms with van der Waals surface area (Å²) in [5.41, 5.74) is 0. The molecule has 0 aromatic carbocycles. The van der Waals surface area contributed by atoms with Crippen LogP contribution < -0.4 is 51.4 Å². The van der Waals surface area contributed by atoms with Crippen molar-refractivity contribution in [2.45, 2.75) is 154 Å². The molecule has 0 spiro atoms. The third kappa shape index (κ3) is 24.2. The van der Waals surface area contributed by atoms with Gasteiger partial charge < -0.3 is 9.66 Å². The van der Waals surface area contributed by atoms with Crippen LogP contribution in [0, 0.1) is 0 Å². The summed E-state index contributed by atoms with van der Waals surface area (Å²) in [5, 5.41) is 9.34. The average Bonchev–Trinajstić information content (AvgIpc) is 2.67. The van der Waals surface area contributed by atoms with E-state index in [-0.39, 0.29) is 57.5 Å². The van der Waals surface area contributed by atoms with Gasteiger partial charge in [-0.05, 0) is 26.2 Å². The Morgan fingerprint density at radius 1 is 0.633 bits per heavy atom. The molecule has 1 N–H and O–H groups in total. The van der Waals surface area contributed by atoms with Crippen LogP contribution in [0.2, 0.25) is 0 Å². The molecule has 0 saturated heterocycles. The third-order valence-electron chi connectivity index (χ3n) is 6.03. The second-order valence-corrected chi connectivity index (χ2v) is 10.8. The van der Waals surface area contributed by atoms with E-state index in [9.17, 15) is 18.1 Å². The van der Waals surface area contributed by atoms with Crippen molar-refractivity contribution < 1.29 is 69.5 Å². The minimum absolute atomic E-state index is 0. The molecule has 0 amide bonds. The molecule has 6 heteroatoms. The van der Waals surface area contributed by atoms with Crippen molar-refractivity contribution in [1.29, 1.82) is 0 Å². The molecule has 0 saturated carbocycles. The molecule has 2 unspecified atom stereocenters. The molecule has 0 aromatic rings. The fourth-order valence-electron chi connectivity index (χ4n) is 3.85. The van der Waals surface area contributed by atoms with Gasteiger partial charge in [0.05, 0.1) is 16.2 Å². The Morgan fingerprint density at radius 2 is 0.933 bits per heavy atom. The van der Waals surface area contributed by atoms with Crippen LogP contribution in [0.1, 0.15) is 142 Å². The van der Waals surface area contributed by atoms with Crippen LogP contribution in [0.25, 0.3) is 0 Å². The Kier molecular flexibility index (Phi) is 26.6. The molecule has 2 atom stereocenters. The maximum absolute atomic E-state index is 10.8. The second kappa shape index (κ2) is 23.7. The predicted molar refractivity (Wildman–Crippen MR) is 123 cm³/mol. The van der Waals surface area contributed by atoms with Crippen LogP contribution >= 0.6 is 0 Å². The molecule has 0 rings (SSSR count). The molecule has 0 aromatic heterocycles. The fraction of sp³-hybridized carbons (Fsp3) is 1.00.